The zero-order valence-electron chi connectivity index (χ0n) is 20.0. The number of ether oxygens (including phenoxy) is 2. The van der Waals surface area contributed by atoms with Gasteiger partial charge in [0.25, 0.3) is 0 Å². The van der Waals surface area contributed by atoms with E-state index in [1.165, 1.54) is 17.6 Å². The Hall–Kier alpha value is -3.57. The first-order valence-electron chi connectivity index (χ1n) is 12.2. The number of carbonyl (C=O) groups is 1. The third-order valence-corrected chi connectivity index (χ3v) is 6.79. The predicted octanol–water partition coefficient (Wildman–Crippen LogP) is 2.56. The Morgan fingerprint density at radius 2 is 1.86 bits per heavy atom. The molecule has 2 aliphatic carbocycles. The summed E-state index contributed by atoms with van der Waals surface area (Å²) >= 11 is 0. The molecule has 186 valence electrons. The zero-order valence-corrected chi connectivity index (χ0v) is 20.0. The van der Waals surface area contributed by atoms with E-state index >= 15 is 0 Å². The second-order valence-corrected chi connectivity index (χ2v) is 9.36. The molecule has 2 saturated carbocycles. The first-order chi connectivity index (χ1) is 17.0. The van der Waals surface area contributed by atoms with Crippen molar-refractivity contribution >= 4 is 5.97 Å². The van der Waals surface area contributed by atoms with Gasteiger partial charge in [0.2, 0.25) is 0 Å². The summed E-state index contributed by atoms with van der Waals surface area (Å²) in [5.41, 5.74) is 2.78. The van der Waals surface area contributed by atoms with E-state index in [1.807, 2.05) is 26.1 Å². The minimum Gasteiger partial charge on any atom is -0.489 e. The van der Waals surface area contributed by atoms with Gasteiger partial charge in [-0.3, -0.25) is 4.79 Å². The molecule has 0 aromatic carbocycles. The molecule has 35 heavy (non-hydrogen) atoms. The summed E-state index contributed by atoms with van der Waals surface area (Å²) in [4.78, 5) is 17.5. The van der Waals surface area contributed by atoms with Crippen molar-refractivity contribution in [1.82, 2.24) is 40.2 Å². The van der Waals surface area contributed by atoms with Crippen molar-refractivity contribution in [1.29, 1.82) is 0 Å². The average Bonchev–Trinajstić information content (AvgIpc) is 3.59. The summed E-state index contributed by atoms with van der Waals surface area (Å²) < 4.78 is 13.6. The second kappa shape index (κ2) is 9.96. The molecule has 12 heteroatoms. The van der Waals surface area contributed by atoms with E-state index < -0.39 is 5.97 Å². The first kappa shape index (κ1) is 23.2. The van der Waals surface area contributed by atoms with Gasteiger partial charge in [-0.05, 0) is 75.6 Å². The number of rotatable bonds is 8. The number of tetrazole rings is 1. The highest BCUT2D eigenvalue weighted by Gasteiger charge is 2.28. The van der Waals surface area contributed by atoms with E-state index in [0.29, 0.717) is 42.2 Å². The monoisotopic (exact) mass is 482 g/mol. The molecular formula is C23H30N8O4. The fourth-order valence-corrected chi connectivity index (χ4v) is 4.85. The smallest absolute Gasteiger partial charge is 0.356 e. The fourth-order valence-electron chi connectivity index (χ4n) is 4.85. The van der Waals surface area contributed by atoms with Crippen molar-refractivity contribution in [2.24, 2.45) is 13.0 Å². The summed E-state index contributed by atoms with van der Waals surface area (Å²) in [6.07, 6.45) is 7.34. The molecule has 0 aliphatic heterocycles. The molecule has 0 radical (unpaired) electrons. The van der Waals surface area contributed by atoms with Gasteiger partial charge < -0.3 is 14.6 Å². The van der Waals surface area contributed by atoms with E-state index in [2.05, 4.69) is 25.7 Å². The molecule has 3 aromatic rings. The molecule has 2 aliphatic rings. The lowest BCUT2D eigenvalue weighted by Crippen LogP contribution is -2.29. The van der Waals surface area contributed by atoms with Crippen LogP contribution in [-0.2, 0) is 18.4 Å². The van der Waals surface area contributed by atoms with Gasteiger partial charge >= 0.3 is 12.0 Å². The Morgan fingerprint density at radius 1 is 1.06 bits per heavy atom. The van der Waals surface area contributed by atoms with Crippen LogP contribution in [0.4, 0.5) is 0 Å². The quantitative estimate of drug-likeness (QED) is 0.509. The van der Waals surface area contributed by atoms with E-state index in [-0.39, 0.29) is 24.1 Å². The topological polar surface area (TPSA) is 143 Å². The average molecular weight is 483 g/mol. The Balaban J connectivity index is 1.29. The van der Waals surface area contributed by atoms with Gasteiger partial charge in [0, 0.05) is 7.05 Å². The van der Waals surface area contributed by atoms with E-state index in [4.69, 9.17) is 14.5 Å². The van der Waals surface area contributed by atoms with Crippen LogP contribution in [0.5, 0.6) is 11.8 Å². The molecule has 0 saturated heterocycles. The van der Waals surface area contributed by atoms with Crippen LogP contribution in [0.1, 0.15) is 62.8 Å². The van der Waals surface area contributed by atoms with Gasteiger partial charge in [-0.25, -0.2) is 9.67 Å². The maximum absolute atomic E-state index is 11.4. The van der Waals surface area contributed by atoms with Crippen LogP contribution in [0.25, 0.3) is 11.4 Å². The van der Waals surface area contributed by atoms with Crippen molar-refractivity contribution in [3.63, 3.8) is 0 Å². The Labute approximate surface area is 202 Å². The highest BCUT2D eigenvalue weighted by molar-refractivity contribution is 5.70. The number of pyridine rings is 1. The van der Waals surface area contributed by atoms with Crippen LogP contribution in [0, 0.1) is 12.8 Å². The molecule has 2 atom stereocenters. The highest BCUT2D eigenvalue weighted by atomic mass is 16.5. The molecule has 1 N–H and O–H groups in total. The van der Waals surface area contributed by atoms with Crippen molar-refractivity contribution < 1.29 is 19.4 Å². The Bertz CT molecular complexity index is 1190. The molecule has 2 fully saturated rings. The van der Waals surface area contributed by atoms with Crippen molar-refractivity contribution in [2.75, 3.05) is 0 Å². The van der Waals surface area contributed by atoms with Crippen LogP contribution in [-0.4, -0.2) is 63.5 Å². The number of carboxylic acid groups (broad SMARTS) is 1. The van der Waals surface area contributed by atoms with Gasteiger partial charge in [0.15, 0.2) is 0 Å². The lowest BCUT2D eigenvalue weighted by Gasteiger charge is -2.27. The lowest BCUT2D eigenvalue weighted by molar-refractivity contribution is -0.143. The summed E-state index contributed by atoms with van der Waals surface area (Å²) in [5, 5.41) is 30.3. The van der Waals surface area contributed by atoms with Crippen LogP contribution >= 0.6 is 0 Å². The minimum atomic E-state index is -0.752. The largest absolute Gasteiger partial charge is 0.489 e. The lowest BCUT2D eigenvalue weighted by atomic mass is 9.87. The standard InChI is InChI=1S/C23H30N8O4/c1-14-20(34-17-9-5-6-15(12-17)22(32)33)11-10-18(24-14)21-19(30(2)28-25-21)13-31-27-23(26-29-31)35-16-7-3-4-8-16/h10-11,15-17H,3-9,12-13H2,1-2H3,(H,32,33)/t15-,17+/m1/s1. The van der Waals surface area contributed by atoms with Gasteiger partial charge in [-0.1, -0.05) is 15.4 Å². The fraction of sp³-hybridized carbons (Fsp3) is 0.609. The zero-order chi connectivity index (χ0) is 24.4. The number of nitrogens with zero attached hydrogens (tertiary/aromatic N) is 8. The molecule has 12 nitrogen and oxygen atoms in total. The SMILES string of the molecule is Cc1nc(-c2nnn(C)c2Cn2nnc(OC3CCCC3)n2)ccc1O[C@H]1CCC[C@@H](C(=O)O)C1. The molecule has 0 bridgehead atoms. The summed E-state index contributed by atoms with van der Waals surface area (Å²) in [6.45, 7) is 2.19. The van der Waals surface area contributed by atoms with Crippen LogP contribution in [0.15, 0.2) is 12.1 Å². The molecule has 3 aromatic heterocycles. The Kier molecular flexibility index (Phi) is 6.60. The normalized spacial score (nSPS) is 20.7. The number of aromatic nitrogens is 8. The number of aliphatic carboxylic acids is 1. The maximum Gasteiger partial charge on any atom is 0.356 e. The third-order valence-electron chi connectivity index (χ3n) is 6.79. The number of aryl methyl sites for hydroxylation is 2. The van der Waals surface area contributed by atoms with Crippen molar-refractivity contribution in [2.45, 2.75) is 77.0 Å². The van der Waals surface area contributed by atoms with Gasteiger partial charge in [0.1, 0.15) is 24.1 Å². The van der Waals surface area contributed by atoms with Gasteiger partial charge in [0.05, 0.1) is 29.1 Å². The first-order valence-corrected chi connectivity index (χ1v) is 12.2. The van der Waals surface area contributed by atoms with Crippen LogP contribution in [0.2, 0.25) is 0 Å². The number of hydrogen-bond donors (Lipinski definition) is 1. The van der Waals surface area contributed by atoms with E-state index in [0.717, 1.165) is 31.4 Å². The maximum atomic E-state index is 11.4. The Morgan fingerprint density at radius 3 is 2.63 bits per heavy atom. The van der Waals surface area contributed by atoms with Crippen molar-refractivity contribution in [3.05, 3.63) is 23.5 Å². The minimum absolute atomic E-state index is 0.123. The van der Waals surface area contributed by atoms with Gasteiger partial charge in [-0.2, -0.15) is 4.80 Å². The van der Waals surface area contributed by atoms with Crippen LogP contribution < -0.4 is 9.47 Å². The van der Waals surface area contributed by atoms with Crippen molar-refractivity contribution in [3.8, 4) is 23.1 Å². The van der Waals surface area contributed by atoms with Crippen LogP contribution in [0.3, 0.4) is 0 Å². The number of hydrogen-bond acceptors (Lipinski definition) is 9. The molecule has 0 spiro atoms. The summed E-state index contributed by atoms with van der Waals surface area (Å²) in [6, 6.07) is 4.00. The summed E-state index contributed by atoms with van der Waals surface area (Å²) in [7, 11) is 1.81. The molecule has 0 unspecified atom stereocenters. The van der Waals surface area contributed by atoms with E-state index in [1.54, 1.807) is 4.68 Å². The van der Waals surface area contributed by atoms with Gasteiger partial charge in [-0.15, -0.1) is 5.10 Å². The third kappa shape index (κ3) is 5.25. The molecular weight excluding hydrogens is 452 g/mol. The van der Waals surface area contributed by atoms with E-state index in [9.17, 15) is 9.90 Å². The molecule has 0 amide bonds. The highest BCUT2D eigenvalue weighted by Crippen LogP contribution is 2.30. The summed E-state index contributed by atoms with van der Waals surface area (Å²) in [5.74, 6) is -0.447. The predicted molar refractivity (Wildman–Crippen MR) is 123 cm³/mol. The molecule has 3 heterocycles. The number of carboxylic acids is 1. The molecule has 5 rings (SSSR count). The second-order valence-electron chi connectivity index (χ2n) is 9.36.